The minimum absolute atomic E-state index is 0.0133. The zero-order valence-electron chi connectivity index (χ0n) is 16.1. The van der Waals surface area contributed by atoms with E-state index in [4.69, 9.17) is 0 Å². The van der Waals surface area contributed by atoms with E-state index < -0.39 is 6.09 Å². The molecule has 0 bridgehead atoms. The Bertz CT molecular complexity index is 763. The first-order chi connectivity index (χ1) is 12.8. The Hall–Kier alpha value is -2.11. The number of hydrogen-bond acceptors (Lipinski definition) is 3. The highest BCUT2D eigenvalue weighted by molar-refractivity contribution is 5.81. The summed E-state index contributed by atoms with van der Waals surface area (Å²) < 4.78 is 18.4. The molecule has 0 spiro atoms. The number of carbonyl (C=O) groups excluding carboxylic acids is 2. The molecule has 1 aromatic carbocycles. The van der Waals surface area contributed by atoms with E-state index in [-0.39, 0.29) is 23.2 Å². The van der Waals surface area contributed by atoms with Crippen LogP contribution in [0.2, 0.25) is 0 Å². The van der Waals surface area contributed by atoms with Gasteiger partial charge in [-0.05, 0) is 61.1 Å². The summed E-state index contributed by atoms with van der Waals surface area (Å²) in [6, 6.07) is 5.48. The molecule has 3 aliphatic rings. The zero-order chi connectivity index (χ0) is 19.3. The molecule has 27 heavy (non-hydrogen) atoms. The van der Waals surface area contributed by atoms with Gasteiger partial charge in [0.2, 0.25) is 5.91 Å². The van der Waals surface area contributed by atoms with Crippen molar-refractivity contribution < 1.29 is 18.7 Å². The van der Waals surface area contributed by atoms with Crippen LogP contribution in [0.25, 0.3) is 0 Å². The van der Waals surface area contributed by atoms with E-state index in [0.717, 1.165) is 18.7 Å². The number of methoxy groups -OCH3 is 1. The molecule has 0 radical (unpaired) electrons. The largest absolute Gasteiger partial charge is 0.453 e. The van der Waals surface area contributed by atoms with Crippen LogP contribution in [0.15, 0.2) is 18.2 Å². The second kappa shape index (κ2) is 6.50. The molecule has 5 nitrogen and oxygen atoms in total. The molecule has 2 amide bonds. The van der Waals surface area contributed by atoms with E-state index >= 15 is 0 Å². The van der Waals surface area contributed by atoms with Gasteiger partial charge in [-0.25, -0.2) is 9.18 Å². The quantitative estimate of drug-likeness (QED) is 0.881. The van der Waals surface area contributed by atoms with Crippen LogP contribution in [0, 0.1) is 23.6 Å². The number of halogens is 1. The van der Waals surface area contributed by atoms with Crippen LogP contribution < -0.4 is 5.32 Å². The molecule has 146 valence electrons. The number of alkyl carbamates (subject to hydrolysis) is 1. The fourth-order valence-corrected chi connectivity index (χ4v) is 5.13. The smallest absolute Gasteiger partial charge is 0.407 e. The minimum Gasteiger partial charge on any atom is -0.453 e. The Morgan fingerprint density at radius 2 is 1.96 bits per heavy atom. The molecule has 1 saturated heterocycles. The average Bonchev–Trinajstić information content (AvgIpc) is 3.12. The monoisotopic (exact) mass is 374 g/mol. The van der Waals surface area contributed by atoms with Crippen molar-refractivity contribution in [2.24, 2.45) is 17.8 Å². The summed E-state index contributed by atoms with van der Waals surface area (Å²) in [6.07, 6.45) is 1.58. The number of benzene rings is 1. The Balaban J connectivity index is 1.30. The van der Waals surface area contributed by atoms with Crippen LogP contribution in [-0.2, 0) is 16.0 Å². The van der Waals surface area contributed by atoms with E-state index in [1.54, 1.807) is 6.07 Å². The standard InChI is InChI=1S/C21H27FN2O3/c1-4-12-7-13(5-6-17(12)22)18-15-10-24(11-16(15)18)19(25)14-8-21(2,9-14)23-20(26)27-3/h5-7,14-16,18H,4,8-11H2,1-3H3,(H,23,26)/t14-,15-,16+,18+,21+. The van der Waals surface area contributed by atoms with Gasteiger partial charge in [-0.3, -0.25) is 4.79 Å². The summed E-state index contributed by atoms with van der Waals surface area (Å²) in [6.45, 7) is 5.51. The van der Waals surface area contributed by atoms with Gasteiger partial charge in [-0.1, -0.05) is 19.1 Å². The Kier molecular flexibility index (Phi) is 4.40. The molecule has 0 aromatic heterocycles. The molecule has 4 rings (SSSR count). The van der Waals surface area contributed by atoms with E-state index in [1.807, 2.05) is 30.9 Å². The summed E-state index contributed by atoms with van der Waals surface area (Å²) in [5.74, 6) is 1.54. The van der Waals surface area contributed by atoms with Gasteiger partial charge in [0.25, 0.3) is 0 Å². The number of likely N-dealkylation sites (tertiary alicyclic amines) is 1. The van der Waals surface area contributed by atoms with Crippen molar-refractivity contribution >= 4 is 12.0 Å². The van der Waals surface area contributed by atoms with Gasteiger partial charge in [0.05, 0.1) is 7.11 Å². The number of nitrogens with one attached hydrogen (secondary N) is 1. The maximum atomic E-state index is 13.7. The van der Waals surface area contributed by atoms with E-state index in [9.17, 15) is 14.0 Å². The van der Waals surface area contributed by atoms with E-state index in [1.165, 1.54) is 12.7 Å². The lowest BCUT2D eigenvalue weighted by Gasteiger charge is -2.45. The maximum Gasteiger partial charge on any atom is 0.407 e. The van der Waals surface area contributed by atoms with E-state index in [0.29, 0.717) is 37.0 Å². The highest BCUT2D eigenvalue weighted by Gasteiger charge is 2.58. The molecule has 1 aliphatic heterocycles. The van der Waals surface area contributed by atoms with Crippen molar-refractivity contribution in [1.82, 2.24) is 10.2 Å². The van der Waals surface area contributed by atoms with Crippen LogP contribution in [0.1, 0.15) is 43.7 Å². The molecule has 3 fully saturated rings. The molecule has 1 N–H and O–H groups in total. The average molecular weight is 374 g/mol. The van der Waals surface area contributed by atoms with Crippen LogP contribution >= 0.6 is 0 Å². The molecule has 0 unspecified atom stereocenters. The Labute approximate surface area is 159 Å². The van der Waals surface area contributed by atoms with Crippen molar-refractivity contribution in [2.45, 2.75) is 44.6 Å². The van der Waals surface area contributed by atoms with Crippen molar-refractivity contribution in [2.75, 3.05) is 20.2 Å². The number of ether oxygens (including phenoxy) is 1. The lowest BCUT2D eigenvalue weighted by Crippen LogP contribution is -2.58. The van der Waals surface area contributed by atoms with Gasteiger partial charge in [0.15, 0.2) is 0 Å². The molecule has 2 saturated carbocycles. The number of piperidine rings is 1. The third-order valence-electron chi connectivity index (χ3n) is 6.67. The molecule has 3 atom stereocenters. The first-order valence-corrected chi connectivity index (χ1v) is 9.78. The topological polar surface area (TPSA) is 58.6 Å². The second-order valence-electron chi connectivity index (χ2n) is 8.58. The zero-order valence-corrected chi connectivity index (χ0v) is 16.1. The summed E-state index contributed by atoms with van der Waals surface area (Å²) in [4.78, 5) is 26.1. The molecular formula is C21H27FN2O3. The maximum absolute atomic E-state index is 13.7. The number of rotatable bonds is 4. The lowest BCUT2D eigenvalue weighted by molar-refractivity contribution is -0.140. The number of amides is 2. The number of carbonyl (C=O) groups is 2. The Morgan fingerprint density at radius 3 is 2.56 bits per heavy atom. The third kappa shape index (κ3) is 3.19. The van der Waals surface area contributed by atoms with Crippen molar-refractivity contribution in [1.29, 1.82) is 0 Å². The fraction of sp³-hybridized carbons (Fsp3) is 0.619. The summed E-state index contributed by atoms with van der Waals surface area (Å²) in [7, 11) is 1.34. The summed E-state index contributed by atoms with van der Waals surface area (Å²) in [5, 5.41) is 2.82. The number of aryl methyl sites for hydroxylation is 1. The molecular weight excluding hydrogens is 347 g/mol. The number of fused-ring (bicyclic) bond motifs is 1. The van der Waals surface area contributed by atoms with Gasteiger partial charge < -0.3 is 15.0 Å². The molecule has 2 aliphatic carbocycles. The SMILES string of the molecule is CCc1cc([C@H]2[C@@H]3CN(C(=O)[C@H]4C[C@@](C)(NC(=O)OC)C4)C[C@@H]32)ccc1F. The van der Waals surface area contributed by atoms with Crippen LogP contribution in [0.4, 0.5) is 9.18 Å². The van der Waals surface area contributed by atoms with Gasteiger partial charge in [-0.2, -0.15) is 0 Å². The molecule has 1 aromatic rings. The summed E-state index contributed by atoms with van der Waals surface area (Å²) >= 11 is 0. The fourth-order valence-electron chi connectivity index (χ4n) is 5.13. The van der Waals surface area contributed by atoms with Gasteiger partial charge in [0, 0.05) is 24.5 Å². The lowest BCUT2D eigenvalue weighted by atomic mass is 9.69. The normalized spacial score (nSPS) is 33.9. The van der Waals surface area contributed by atoms with Crippen LogP contribution in [0.3, 0.4) is 0 Å². The third-order valence-corrected chi connectivity index (χ3v) is 6.67. The van der Waals surface area contributed by atoms with Crippen LogP contribution in [-0.4, -0.2) is 42.6 Å². The predicted molar refractivity (Wildman–Crippen MR) is 98.7 cm³/mol. The summed E-state index contributed by atoms with van der Waals surface area (Å²) in [5.41, 5.74) is 1.65. The molecule has 1 heterocycles. The van der Waals surface area contributed by atoms with Gasteiger partial charge in [-0.15, -0.1) is 0 Å². The second-order valence-corrected chi connectivity index (χ2v) is 8.58. The van der Waals surface area contributed by atoms with Gasteiger partial charge in [0.1, 0.15) is 5.82 Å². The van der Waals surface area contributed by atoms with Crippen molar-refractivity contribution in [3.8, 4) is 0 Å². The van der Waals surface area contributed by atoms with Crippen LogP contribution in [0.5, 0.6) is 0 Å². The highest BCUT2D eigenvalue weighted by atomic mass is 19.1. The Morgan fingerprint density at radius 1 is 1.30 bits per heavy atom. The molecule has 6 heteroatoms. The minimum atomic E-state index is -0.445. The van der Waals surface area contributed by atoms with Crippen molar-refractivity contribution in [3.63, 3.8) is 0 Å². The van der Waals surface area contributed by atoms with Crippen molar-refractivity contribution in [3.05, 3.63) is 35.1 Å². The van der Waals surface area contributed by atoms with Gasteiger partial charge >= 0.3 is 6.09 Å². The highest BCUT2D eigenvalue weighted by Crippen LogP contribution is 2.58. The van der Waals surface area contributed by atoms with E-state index in [2.05, 4.69) is 10.1 Å². The first-order valence-electron chi connectivity index (χ1n) is 9.78. The first kappa shape index (κ1) is 18.3. The predicted octanol–water partition coefficient (Wildman–Crippen LogP) is 3.08. The number of nitrogens with zero attached hydrogens (tertiary/aromatic N) is 1. The number of hydrogen-bond donors (Lipinski definition) is 1.